The molecule has 1 atom stereocenters. The second kappa shape index (κ2) is 6.14. The number of benzene rings is 1. The van der Waals surface area contributed by atoms with E-state index in [1.54, 1.807) is 23.5 Å². The Morgan fingerprint density at radius 3 is 3.13 bits per heavy atom. The van der Waals surface area contributed by atoms with Crippen molar-refractivity contribution in [3.05, 3.63) is 57.0 Å². The fourth-order valence-electron chi connectivity index (χ4n) is 2.46. The minimum absolute atomic E-state index is 0.122. The number of amidine groups is 2. The number of rotatable bonds is 3. The third-order valence-electron chi connectivity index (χ3n) is 3.64. The first-order valence-corrected chi connectivity index (χ1v) is 9.13. The van der Waals surface area contributed by atoms with Crippen LogP contribution in [0.4, 0.5) is 4.39 Å². The van der Waals surface area contributed by atoms with Gasteiger partial charge in [-0.25, -0.2) is 4.39 Å². The molecule has 1 aromatic heterocycles. The number of hydrogen-bond acceptors (Lipinski definition) is 5. The van der Waals surface area contributed by atoms with E-state index in [2.05, 4.69) is 37.2 Å². The van der Waals surface area contributed by atoms with Crippen molar-refractivity contribution in [3.8, 4) is 0 Å². The summed E-state index contributed by atoms with van der Waals surface area (Å²) in [7, 11) is 0. The van der Waals surface area contributed by atoms with Crippen LogP contribution in [0.3, 0.4) is 0 Å². The maximum absolute atomic E-state index is 13.2. The Labute approximate surface area is 146 Å². The molecule has 118 valence electrons. The van der Waals surface area contributed by atoms with E-state index in [1.807, 2.05) is 0 Å². The van der Waals surface area contributed by atoms with Crippen LogP contribution in [0.25, 0.3) is 0 Å². The molecule has 2 aliphatic heterocycles. The van der Waals surface area contributed by atoms with E-state index in [4.69, 9.17) is 11.6 Å². The predicted molar refractivity (Wildman–Crippen MR) is 94.5 cm³/mol. The minimum Gasteiger partial charge on any atom is -0.274 e. The van der Waals surface area contributed by atoms with E-state index >= 15 is 0 Å². The third-order valence-corrected chi connectivity index (χ3v) is 5.55. The molecule has 8 heteroatoms. The molecular formula is C15H12ClFN4S2. The molecule has 1 aromatic carbocycles. The zero-order valence-corrected chi connectivity index (χ0v) is 14.3. The first-order valence-electron chi connectivity index (χ1n) is 6.99. The fraction of sp³-hybridized carbons (Fsp3) is 0.200. The summed E-state index contributed by atoms with van der Waals surface area (Å²) in [6, 6.07) is 7.00. The van der Waals surface area contributed by atoms with Crippen molar-refractivity contribution in [1.29, 1.82) is 0 Å². The summed E-state index contributed by atoms with van der Waals surface area (Å²) in [5.74, 6) is -0.412. The molecule has 4 rings (SSSR count). The Bertz CT molecular complexity index is 791. The summed E-state index contributed by atoms with van der Waals surface area (Å²) in [5, 5.41) is 8.14. The number of halogens is 2. The minimum atomic E-state index is -0.412. The van der Waals surface area contributed by atoms with Gasteiger partial charge in [0.15, 0.2) is 10.3 Å². The Hall–Kier alpha value is -1.57. The van der Waals surface area contributed by atoms with E-state index in [-0.39, 0.29) is 11.1 Å². The van der Waals surface area contributed by atoms with Crippen LogP contribution >= 0.6 is 34.7 Å². The maximum Gasteiger partial charge on any atom is 0.186 e. The molecule has 4 nitrogen and oxygen atoms in total. The topological polar surface area (TPSA) is 40.0 Å². The summed E-state index contributed by atoms with van der Waals surface area (Å²) in [6.45, 7) is 1.20. The van der Waals surface area contributed by atoms with Gasteiger partial charge in [-0.2, -0.15) is 11.3 Å². The molecule has 1 saturated heterocycles. The average molecular weight is 367 g/mol. The average Bonchev–Trinajstić information content (AvgIpc) is 3.24. The van der Waals surface area contributed by atoms with E-state index in [0.29, 0.717) is 6.54 Å². The number of aliphatic imine (C=N–C) groups is 2. The van der Waals surface area contributed by atoms with Gasteiger partial charge >= 0.3 is 0 Å². The lowest BCUT2D eigenvalue weighted by Crippen LogP contribution is -2.36. The first-order chi connectivity index (χ1) is 11.2. The van der Waals surface area contributed by atoms with E-state index in [9.17, 15) is 4.39 Å². The van der Waals surface area contributed by atoms with Crippen LogP contribution in [0, 0.1) is 5.82 Å². The van der Waals surface area contributed by atoms with Crippen LogP contribution in [-0.2, 0) is 6.54 Å². The zero-order chi connectivity index (χ0) is 15.8. The molecule has 1 N–H and O–H groups in total. The first kappa shape index (κ1) is 15.0. The highest BCUT2D eigenvalue weighted by molar-refractivity contribution is 8.26. The van der Waals surface area contributed by atoms with Crippen molar-refractivity contribution in [2.45, 2.75) is 12.6 Å². The fourth-order valence-corrected chi connectivity index (χ4v) is 4.23. The van der Waals surface area contributed by atoms with Crippen molar-refractivity contribution in [3.63, 3.8) is 0 Å². The Morgan fingerprint density at radius 1 is 1.43 bits per heavy atom. The van der Waals surface area contributed by atoms with E-state index < -0.39 is 5.82 Å². The number of hydrazine groups is 1. The number of hydrogen-bond donors (Lipinski definition) is 1. The molecule has 2 aliphatic rings. The van der Waals surface area contributed by atoms with Crippen LogP contribution in [0.2, 0.25) is 5.02 Å². The van der Waals surface area contributed by atoms with Gasteiger partial charge in [0.1, 0.15) is 5.82 Å². The molecule has 0 saturated carbocycles. The van der Waals surface area contributed by atoms with Crippen molar-refractivity contribution >= 4 is 45.0 Å². The summed E-state index contributed by atoms with van der Waals surface area (Å²) >= 11 is 9.00. The highest BCUT2D eigenvalue weighted by Gasteiger charge is 2.36. The molecule has 2 aromatic rings. The lowest BCUT2D eigenvalue weighted by Gasteiger charge is -2.21. The van der Waals surface area contributed by atoms with Crippen molar-refractivity contribution in [1.82, 2.24) is 10.4 Å². The Morgan fingerprint density at radius 2 is 2.35 bits per heavy atom. The summed E-state index contributed by atoms with van der Waals surface area (Å²) in [6.07, 6.45) is 0. The molecule has 3 heterocycles. The van der Waals surface area contributed by atoms with Crippen LogP contribution in [0.1, 0.15) is 17.2 Å². The summed E-state index contributed by atoms with van der Waals surface area (Å²) < 4.78 is 13.2. The summed E-state index contributed by atoms with van der Waals surface area (Å²) in [5.41, 5.74) is 5.43. The smallest absolute Gasteiger partial charge is 0.186 e. The van der Waals surface area contributed by atoms with Crippen LogP contribution in [-0.4, -0.2) is 21.9 Å². The number of thioether (sulfide) groups is 1. The van der Waals surface area contributed by atoms with Crippen molar-refractivity contribution < 1.29 is 4.39 Å². The lowest BCUT2D eigenvalue weighted by molar-refractivity contribution is 0.323. The van der Waals surface area contributed by atoms with Crippen molar-refractivity contribution in [2.75, 3.05) is 6.54 Å². The van der Waals surface area contributed by atoms with E-state index in [1.165, 1.54) is 23.4 Å². The number of fused-ring (bicyclic) bond motifs is 1. The van der Waals surface area contributed by atoms with Gasteiger partial charge in [0.05, 0.1) is 24.2 Å². The standard InChI is InChI=1S/C15H12ClFN4S2/c16-11-5-9(1-2-12(11)17)6-18-14-20-21-13(7-19-15(21)23-14)10-3-4-22-8-10/h1-5,8,13H,6-7H2,(H,18,20). The van der Waals surface area contributed by atoms with Gasteiger partial charge in [0.25, 0.3) is 0 Å². The maximum atomic E-state index is 13.2. The Kier molecular flexibility index (Phi) is 4.00. The predicted octanol–water partition coefficient (Wildman–Crippen LogP) is 4.06. The van der Waals surface area contributed by atoms with Crippen LogP contribution < -0.4 is 5.43 Å². The molecule has 0 amide bonds. The molecule has 23 heavy (non-hydrogen) atoms. The lowest BCUT2D eigenvalue weighted by atomic mass is 10.1. The van der Waals surface area contributed by atoms with Crippen LogP contribution in [0.15, 0.2) is 45.0 Å². The number of thiophene rings is 1. The number of nitrogens with one attached hydrogen (secondary N) is 1. The normalized spacial score (nSPS) is 21.5. The molecule has 0 aliphatic carbocycles. The van der Waals surface area contributed by atoms with Gasteiger partial charge < -0.3 is 0 Å². The monoisotopic (exact) mass is 366 g/mol. The van der Waals surface area contributed by atoms with Gasteiger partial charge in [0, 0.05) is 0 Å². The highest BCUT2D eigenvalue weighted by atomic mass is 35.5. The van der Waals surface area contributed by atoms with Gasteiger partial charge in [-0.1, -0.05) is 17.7 Å². The molecule has 0 radical (unpaired) electrons. The second-order valence-corrected chi connectivity index (χ2v) is 7.29. The van der Waals surface area contributed by atoms with Crippen molar-refractivity contribution in [2.24, 2.45) is 9.98 Å². The zero-order valence-electron chi connectivity index (χ0n) is 11.9. The molecule has 1 fully saturated rings. The van der Waals surface area contributed by atoms with Gasteiger partial charge in [-0.15, -0.1) is 0 Å². The van der Waals surface area contributed by atoms with Gasteiger partial charge in [-0.3, -0.25) is 20.4 Å². The Balaban J connectivity index is 1.46. The molecular weight excluding hydrogens is 355 g/mol. The SMILES string of the molecule is Fc1ccc(CN=C2NN3C(=NCC3c3ccsc3)S2)cc1Cl. The summed E-state index contributed by atoms with van der Waals surface area (Å²) in [4.78, 5) is 9.09. The highest BCUT2D eigenvalue weighted by Crippen LogP contribution is 2.34. The molecule has 1 unspecified atom stereocenters. The molecule has 0 bridgehead atoms. The third kappa shape index (κ3) is 2.96. The quantitative estimate of drug-likeness (QED) is 0.890. The second-order valence-electron chi connectivity index (χ2n) is 5.15. The van der Waals surface area contributed by atoms with Gasteiger partial charge in [0.2, 0.25) is 0 Å². The van der Waals surface area contributed by atoms with Crippen LogP contribution in [0.5, 0.6) is 0 Å². The van der Waals surface area contributed by atoms with Gasteiger partial charge in [-0.05, 0) is 51.8 Å². The largest absolute Gasteiger partial charge is 0.274 e. The number of nitrogens with zero attached hydrogens (tertiary/aromatic N) is 3. The van der Waals surface area contributed by atoms with E-state index in [0.717, 1.165) is 22.4 Å². The molecule has 0 spiro atoms.